The van der Waals surface area contributed by atoms with Crippen LogP contribution < -0.4 is 9.88 Å². The van der Waals surface area contributed by atoms with E-state index in [0.717, 1.165) is 18.9 Å². The monoisotopic (exact) mass is 273 g/mol. The molecule has 18 heavy (non-hydrogen) atoms. The molecule has 1 saturated carbocycles. The Morgan fingerprint density at radius 3 is 2.56 bits per heavy atom. The SMILES string of the molecule is NS(=O)(=O)c1ccc(OCC2CCCC2)c(F)c1. The highest BCUT2D eigenvalue weighted by molar-refractivity contribution is 7.89. The fourth-order valence-electron chi connectivity index (χ4n) is 2.16. The van der Waals surface area contributed by atoms with E-state index in [0.29, 0.717) is 12.5 Å². The van der Waals surface area contributed by atoms with Gasteiger partial charge in [-0.25, -0.2) is 17.9 Å². The van der Waals surface area contributed by atoms with Crippen molar-refractivity contribution in [3.8, 4) is 5.75 Å². The zero-order valence-corrected chi connectivity index (χ0v) is 10.7. The highest BCUT2D eigenvalue weighted by Gasteiger charge is 2.17. The first-order valence-corrected chi connectivity index (χ1v) is 7.46. The van der Waals surface area contributed by atoms with E-state index < -0.39 is 15.8 Å². The fraction of sp³-hybridized carbons (Fsp3) is 0.500. The summed E-state index contributed by atoms with van der Waals surface area (Å²) in [5.74, 6) is -0.142. The number of benzene rings is 1. The molecule has 0 amide bonds. The number of hydrogen-bond donors (Lipinski definition) is 1. The van der Waals surface area contributed by atoms with Gasteiger partial charge in [0, 0.05) is 0 Å². The molecular weight excluding hydrogens is 257 g/mol. The van der Waals surface area contributed by atoms with Gasteiger partial charge in [0.05, 0.1) is 11.5 Å². The summed E-state index contributed by atoms with van der Waals surface area (Å²) in [5.41, 5.74) is 0. The van der Waals surface area contributed by atoms with E-state index in [-0.39, 0.29) is 10.6 Å². The van der Waals surface area contributed by atoms with E-state index in [9.17, 15) is 12.8 Å². The van der Waals surface area contributed by atoms with Gasteiger partial charge in [0.1, 0.15) is 0 Å². The van der Waals surface area contributed by atoms with Crippen LogP contribution in [0.2, 0.25) is 0 Å². The van der Waals surface area contributed by atoms with Crippen molar-refractivity contribution in [3.05, 3.63) is 24.0 Å². The average Bonchev–Trinajstić information content (AvgIpc) is 2.79. The third-order valence-corrected chi connectivity index (χ3v) is 4.09. The molecule has 1 aliphatic carbocycles. The van der Waals surface area contributed by atoms with Gasteiger partial charge in [0.15, 0.2) is 11.6 Å². The molecule has 0 radical (unpaired) electrons. The Labute approximate surface area is 106 Å². The van der Waals surface area contributed by atoms with E-state index in [1.807, 2.05) is 0 Å². The summed E-state index contributed by atoms with van der Waals surface area (Å²) in [6.45, 7) is 0.478. The average molecular weight is 273 g/mol. The standard InChI is InChI=1S/C12H16FNO3S/c13-11-7-10(18(14,15)16)5-6-12(11)17-8-9-3-1-2-4-9/h5-7,9H,1-4,8H2,(H2,14,15,16). The van der Waals surface area contributed by atoms with Gasteiger partial charge in [0.2, 0.25) is 10.0 Å². The quantitative estimate of drug-likeness (QED) is 0.912. The lowest BCUT2D eigenvalue weighted by Crippen LogP contribution is -2.13. The van der Waals surface area contributed by atoms with E-state index in [4.69, 9.17) is 9.88 Å². The summed E-state index contributed by atoms with van der Waals surface area (Å²) in [4.78, 5) is -0.242. The molecule has 0 bridgehead atoms. The van der Waals surface area contributed by atoms with Crippen LogP contribution in [0.25, 0.3) is 0 Å². The predicted molar refractivity (Wildman–Crippen MR) is 65.2 cm³/mol. The lowest BCUT2D eigenvalue weighted by atomic mass is 10.1. The number of rotatable bonds is 4. The normalized spacial score (nSPS) is 17.0. The maximum absolute atomic E-state index is 13.6. The zero-order valence-electron chi connectivity index (χ0n) is 9.93. The van der Waals surface area contributed by atoms with Gasteiger partial charge in [-0.3, -0.25) is 0 Å². The summed E-state index contributed by atoms with van der Waals surface area (Å²) < 4.78 is 41.1. The predicted octanol–water partition coefficient (Wildman–Crippen LogP) is 2.04. The first kappa shape index (κ1) is 13.3. The van der Waals surface area contributed by atoms with Crippen molar-refractivity contribution in [3.63, 3.8) is 0 Å². The van der Waals surface area contributed by atoms with Crippen LogP contribution >= 0.6 is 0 Å². The van der Waals surface area contributed by atoms with Crippen molar-refractivity contribution in [1.82, 2.24) is 0 Å². The third-order valence-electron chi connectivity index (χ3n) is 3.18. The molecule has 100 valence electrons. The molecular formula is C12H16FNO3S. The number of sulfonamides is 1. The molecule has 0 saturated heterocycles. The van der Waals surface area contributed by atoms with Crippen molar-refractivity contribution in [2.75, 3.05) is 6.61 Å². The van der Waals surface area contributed by atoms with Crippen LogP contribution in [0.15, 0.2) is 23.1 Å². The highest BCUT2D eigenvalue weighted by atomic mass is 32.2. The highest BCUT2D eigenvalue weighted by Crippen LogP contribution is 2.27. The maximum atomic E-state index is 13.6. The Morgan fingerprint density at radius 2 is 2.00 bits per heavy atom. The number of primary sulfonamides is 1. The third kappa shape index (κ3) is 3.20. The summed E-state index contributed by atoms with van der Waals surface area (Å²) in [6.07, 6.45) is 4.61. The number of hydrogen-bond acceptors (Lipinski definition) is 3. The van der Waals surface area contributed by atoms with Crippen LogP contribution in [0.5, 0.6) is 5.75 Å². The molecule has 2 rings (SSSR count). The van der Waals surface area contributed by atoms with E-state index in [1.54, 1.807) is 0 Å². The summed E-state index contributed by atoms with van der Waals surface area (Å²) >= 11 is 0. The van der Waals surface area contributed by atoms with Gasteiger partial charge < -0.3 is 4.74 Å². The van der Waals surface area contributed by atoms with Crippen molar-refractivity contribution in [1.29, 1.82) is 0 Å². The Bertz CT molecular complexity index is 524. The van der Waals surface area contributed by atoms with Crippen LogP contribution in [0, 0.1) is 11.7 Å². The summed E-state index contributed by atoms with van der Waals surface area (Å²) in [7, 11) is -3.87. The van der Waals surface area contributed by atoms with Crippen molar-refractivity contribution >= 4 is 10.0 Å². The van der Waals surface area contributed by atoms with E-state index >= 15 is 0 Å². The lowest BCUT2D eigenvalue weighted by molar-refractivity contribution is 0.242. The van der Waals surface area contributed by atoms with Gasteiger partial charge in [-0.15, -0.1) is 0 Å². The van der Waals surface area contributed by atoms with Crippen molar-refractivity contribution in [2.45, 2.75) is 30.6 Å². The largest absolute Gasteiger partial charge is 0.490 e. The minimum atomic E-state index is -3.87. The maximum Gasteiger partial charge on any atom is 0.238 e. The molecule has 0 heterocycles. The number of halogens is 1. The van der Waals surface area contributed by atoms with Gasteiger partial charge in [-0.1, -0.05) is 12.8 Å². The van der Waals surface area contributed by atoms with Crippen LogP contribution in [-0.4, -0.2) is 15.0 Å². The van der Waals surface area contributed by atoms with Crippen molar-refractivity contribution < 1.29 is 17.5 Å². The molecule has 1 aromatic rings. The molecule has 0 unspecified atom stereocenters. The second-order valence-electron chi connectivity index (χ2n) is 4.60. The van der Waals surface area contributed by atoms with Crippen LogP contribution in [-0.2, 0) is 10.0 Å². The van der Waals surface area contributed by atoms with E-state index in [2.05, 4.69) is 0 Å². The first-order valence-electron chi connectivity index (χ1n) is 5.92. The van der Waals surface area contributed by atoms with Gasteiger partial charge in [-0.2, -0.15) is 0 Å². The molecule has 1 aliphatic rings. The minimum Gasteiger partial charge on any atom is -0.490 e. The smallest absolute Gasteiger partial charge is 0.238 e. The molecule has 0 atom stereocenters. The van der Waals surface area contributed by atoms with Crippen LogP contribution in [0.1, 0.15) is 25.7 Å². The zero-order chi connectivity index (χ0) is 13.2. The number of ether oxygens (including phenoxy) is 1. The Balaban J connectivity index is 2.05. The molecule has 0 aromatic heterocycles. The molecule has 0 aliphatic heterocycles. The molecule has 2 N–H and O–H groups in total. The van der Waals surface area contributed by atoms with Crippen LogP contribution in [0.4, 0.5) is 4.39 Å². The first-order chi connectivity index (χ1) is 8.47. The topological polar surface area (TPSA) is 69.4 Å². The minimum absolute atomic E-state index is 0.0781. The summed E-state index contributed by atoms with van der Waals surface area (Å²) in [6, 6.07) is 3.45. The molecule has 1 aromatic carbocycles. The van der Waals surface area contributed by atoms with Crippen molar-refractivity contribution in [2.24, 2.45) is 11.1 Å². The second kappa shape index (κ2) is 5.24. The Kier molecular flexibility index (Phi) is 3.87. The Hall–Kier alpha value is -1.14. The van der Waals surface area contributed by atoms with E-state index in [1.165, 1.54) is 25.0 Å². The summed E-state index contributed by atoms with van der Waals surface area (Å²) in [5, 5.41) is 4.91. The molecule has 0 spiro atoms. The molecule has 1 fully saturated rings. The van der Waals surface area contributed by atoms with Crippen LogP contribution in [0.3, 0.4) is 0 Å². The molecule has 4 nitrogen and oxygen atoms in total. The van der Waals surface area contributed by atoms with Gasteiger partial charge in [-0.05, 0) is 37.0 Å². The van der Waals surface area contributed by atoms with Gasteiger partial charge >= 0.3 is 0 Å². The lowest BCUT2D eigenvalue weighted by Gasteiger charge is -2.12. The molecule has 6 heteroatoms. The fourth-order valence-corrected chi connectivity index (χ4v) is 2.69. The Morgan fingerprint density at radius 1 is 1.33 bits per heavy atom. The second-order valence-corrected chi connectivity index (χ2v) is 6.16. The number of nitrogens with two attached hydrogens (primary N) is 1. The van der Waals surface area contributed by atoms with Gasteiger partial charge in [0.25, 0.3) is 0 Å².